The van der Waals surface area contributed by atoms with Crippen molar-refractivity contribution in [2.45, 2.75) is 111 Å². The van der Waals surface area contributed by atoms with E-state index in [1.165, 1.54) is 111 Å². The summed E-state index contributed by atoms with van der Waals surface area (Å²) >= 11 is 0. The van der Waals surface area contributed by atoms with E-state index in [1.807, 2.05) is 19.1 Å². The Morgan fingerprint density at radius 3 is 1.34 bits per heavy atom. The van der Waals surface area contributed by atoms with E-state index >= 15 is 0 Å². The quantitative estimate of drug-likeness (QED) is 0.115. The Morgan fingerprint density at radius 1 is 0.466 bits per heavy atom. The van der Waals surface area contributed by atoms with Gasteiger partial charge in [0, 0.05) is 12.6 Å². The lowest BCUT2D eigenvalue weighted by Crippen LogP contribution is -2.05. The average Bonchev–Trinajstić information content (AvgIpc) is 3.24. The number of unbranched alkanes of at least 4 members (excludes halogenated alkanes) is 2. The van der Waals surface area contributed by atoms with Gasteiger partial charge in [-0.15, -0.1) is 0 Å². The molecule has 0 amide bonds. The highest BCUT2D eigenvalue weighted by atomic mass is 16.2. The maximum atomic E-state index is 8.60. The van der Waals surface area contributed by atoms with Gasteiger partial charge in [-0.05, 0) is 128 Å². The smallest absolute Gasteiger partial charge is 0.0434 e. The van der Waals surface area contributed by atoms with E-state index in [2.05, 4.69) is 180 Å². The molecule has 7 aromatic carbocycles. The van der Waals surface area contributed by atoms with Gasteiger partial charge in [-0.25, -0.2) is 0 Å². The van der Waals surface area contributed by atoms with Crippen LogP contribution in [0.2, 0.25) is 0 Å². The Balaban J connectivity index is 0.000000182. The molecule has 58 heavy (non-hydrogen) atoms. The fourth-order valence-electron chi connectivity index (χ4n) is 7.53. The van der Waals surface area contributed by atoms with Crippen molar-refractivity contribution >= 4 is 21.5 Å². The predicted octanol–water partition coefficient (Wildman–Crippen LogP) is 14.8. The second-order valence-electron chi connectivity index (χ2n) is 16.0. The van der Waals surface area contributed by atoms with Crippen LogP contribution in [-0.4, -0.2) is 11.7 Å². The molecule has 2 atom stereocenters. The normalized spacial score (nSPS) is 11.7. The number of aliphatic hydroxyl groups is 1. The second kappa shape index (κ2) is 25.4. The Bertz CT molecular complexity index is 2160. The lowest BCUT2D eigenvalue weighted by Gasteiger charge is -2.14. The molecule has 2 heteroatoms. The molecule has 0 aliphatic heterocycles. The highest BCUT2D eigenvalue weighted by molar-refractivity contribution is 5.86. The summed E-state index contributed by atoms with van der Waals surface area (Å²) in [6.07, 6.45) is 10.7. The Kier molecular flexibility index (Phi) is 20.0. The van der Waals surface area contributed by atoms with Crippen LogP contribution in [0.1, 0.15) is 116 Å². The largest absolute Gasteiger partial charge is 0.396 e. The third kappa shape index (κ3) is 15.7. The molecule has 0 aliphatic rings. The van der Waals surface area contributed by atoms with Crippen molar-refractivity contribution in [2.75, 3.05) is 6.61 Å². The lowest BCUT2D eigenvalue weighted by molar-refractivity contribution is 0.288. The van der Waals surface area contributed by atoms with Crippen LogP contribution in [0.5, 0.6) is 0 Å². The molecule has 3 N–H and O–H groups in total. The molecule has 2 nitrogen and oxygen atoms in total. The fraction of sp³-hybridized carbons (Fsp3) is 0.321. The minimum atomic E-state index is 0.103. The van der Waals surface area contributed by atoms with Gasteiger partial charge in [0.15, 0.2) is 0 Å². The zero-order chi connectivity index (χ0) is 41.5. The molecule has 7 aromatic rings. The molecular weight excluding hydrogens is 703 g/mol. The summed E-state index contributed by atoms with van der Waals surface area (Å²) in [6, 6.07) is 56.2. The number of nitrogens with two attached hydrogens (primary N) is 1. The number of fused-ring (bicyclic) bond motifs is 2. The zero-order valence-electron chi connectivity index (χ0n) is 36.3. The molecule has 0 heterocycles. The highest BCUT2D eigenvalue weighted by Gasteiger charge is 2.09. The number of benzene rings is 7. The summed E-state index contributed by atoms with van der Waals surface area (Å²) in [6.45, 7) is 13.3. The van der Waals surface area contributed by atoms with Crippen LogP contribution in [0.15, 0.2) is 158 Å². The second-order valence-corrected chi connectivity index (χ2v) is 16.0. The third-order valence-electron chi connectivity index (χ3n) is 10.7. The number of rotatable bonds is 13. The summed E-state index contributed by atoms with van der Waals surface area (Å²) in [5, 5.41) is 13.9. The van der Waals surface area contributed by atoms with E-state index in [9.17, 15) is 0 Å². The summed E-state index contributed by atoms with van der Waals surface area (Å²) in [4.78, 5) is 0. The number of aryl methyl sites for hydroxylation is 6. The first kappa shape index (κ1) is 45.7. The highest BCUT2D eigenvalue weighted by Crippen LogP contribution is 2.29. The Labute approximate surface area is 351 Å². The number of hydrogen-bond donors (Lipinski definition) is 2. The average molecular weight is 772 g/mol. The van der Waals surface area contributed by atoms with Crippen molar-refractivity contribution in [1.82, 2.24) is 0 Å². The first-order valence-corrected chi connectivity index (χ1v) is 21.7. The van der Waals surface area contributed by atoms with Crippen LogP contribution >= 0.6 is 0 Å². The van der Waals surface area contributed by atoms with Crippen molar-refractivity contribution in [3.05, 3.63) is 202 Å². The van der Waals surface area contributed by atoms with E-state index in [0.717, 1.165) is 12.8 Å². The van der Waals surface area contributed by atoms with Crippen molar-refractivity contribution in [3.63, 3.8) is 0 Å². The molecule has 0 bridgehead atoms. The minimum Gasteiger partial charge on any atom is -0.396 e. The van der Waals surface area contributed by atoms with E-state index < -0.39 is 0 Å². The van der Waals surface area contributed by atoms with E-state index in [4.69, 9.17) is 10.8 Å². The molecule has 0 saturated heterocycles. The Morgan fingerprint density at radius 2 is 0.879 bits per heavy atom. The summed E-state index contributed by atoms with van der Waals surface area (Å²) in [7, 11) is 0. The number of hydrogen-bond acceptors (Lipinski definition) is 2. The molecule has 0 aromatic heterocycles. The molecule has 0 fully saturated rings. The number of aliphatic hydroxyl groups excluding tert-OH is 1. The van der Waals surface area contributed by atoms with Gasteiger partial charge in [-0.3, -0.25) is 0 Å². The summed E-state index contributed by atoms with van der Waals surface area (Å²) in [5.41, 5.74) is 16.9. The monoisotopic (exact) mass is 772 g/mol. The SMILES string of the molecule is CCCCc1cccc(C)c1.C[C@@H](N)c1cccc2ccccc12.Cc1cccc(CCCC[C@H](C)c2cccc3ccccc23)c1.Cc1cccc(CCCO)c1. The van der Waals surface area contributed by atoms with Gasteiger partial charge >= 0.3 is 0 Å². The van der Waals surface area contributed by atoms with Gasteiger partial charge in [0.2, 0.25) is 0 Å². The molecule has 304 valence electrons. The van der Waals surface area contributed by atoms with E-state index in [-0.39, 0.29) is 12.6 Å². The lowest BCUT2D eigenvalue weighted by atomic mass is 9.90. The van der Waals surface area contributed by atoms with Crippen LogP contribution < -0.4 is 5.73 Å². The molecule has 7 rings (SSSR count). The van der Waals surface area contributed by atoms with Crippen LogP contribution in [0.3, 0.4) is 0 Å². The van der Waals surface area contributed by atoms with Gasteiger partial charge in [0.05, 0.1) is 0 Å². The van der Waals surface area contributed by atoms with Crippen molar-refractivity contribution in [1.29, 1.82) is 0 Å². The zero-order valence-corrected chi connectivity index (χ0v) is 36.3. The molecule has 0 unspecified atom stereocenters. The van der Waals surface area contributed by atoms with Crippen LogP contribution in [0.25, 0.3) is 21.5 Å². The van der Waals surface area contributed by atoms with Crippen molar-refractivity contribution in [2.24, 2.45) is 5.73 Å². The molecule has 0 aliphatic carbocycles. The minimum absolute atomic E-state index is 0.103. The third-order valence-corrected chi connectivity index (χ3v) is 10.7. The van der Waals surface area contributed by atoms with Crippen LogP contribution in [0, 0.1) is 20.8 Å². The Hall–Kier alpha value is -5.02. The maximum absolute atomic E-state index is 8.60. The van der Waals surface area contributed by atoms with Crippen molar-refractivity contribution in [3.8, 4) is 0 Å². The maximum Gasteiger partial charge on any atom is 0.0434 e. The van der Waals surface area contributed by atoms with Crippen LogP contribution in [-0.2, 0) is 19.3 Å². The van der Waals surface area contributed by atoms with Gasteiger partial charge < -0.3 is 10.8 Å². The summed E-state index contributed by atoms with van der Waals surface area (Å²) in [5.74, 6) is 0.624. The van der Waals surface area contributed by atoms with Crippen LogP contribution in [0.4, 0.5) is 0 Å². The van der Waals surface area contributed by atoms with Gasteiger partial charge in [0.1, 0.15) is 0 Å². The van der Waals surface area contributed by atoms with E-state index in [0.29, 0.717) is 5.92 Å². The molecular formula is C56H69NO. The van der Waals surface area contributed by atoms with Gasteiger partial charge in [-0.2, -0.15) is 0 Å². The summed E-state index contributed by atoms with van der Waals surface area (Å²) < 4.78 is 0. The van der Waals surface area contributed by atoms with Gasteiger partial charge in [-0.1, -0.05) is 201 Å². The first-order valence-electron chi connectivity index (χ1n) is 21.7. The topological polar surface area (TPSA) is 46.2 Å². The molecule has 0 saturated carbocycles. The molecule has 0 spiro atoms. The predicted molar refractivity (Wildman–Crippen MR) is 254 cm³/mol. The standard InChI is InChI=1S/C23H26.C12H13N.C11H16.C10H14O/c1-18-9-7-12-20(17-18)11-4-3-10-19(2)22-16-8-14-21-13-5-6-15-23(21)22;1-9(13)11-8-4-6-10-5-2-3-7-12(10)11;1-3-4-7-11-8-5-6-10(2)9-11;1-9-4-2-5-10(8-9)6-3-7-11/h5-9,12-17,19H,3-4,10-11H2,1-2H3;2-9H,13H2,1H3;5-6,8-9H,3-4,7H2,1-2H3;2,4-5,8,11H,3,6-7H2,1H3/t19-;9-;;/m01../s1. The van der Waals surface area contributed by atoms with Gasteiger partial charge in [0.25, 0.3) is 0 Å². The molecule has 0 radical (unpaired) electrons. The van der Waals surface area contributed by atoms with Crippen molar-refractivity contribution < 1.29 is 5.11 Å². The van der Waals surface area contributed by atoms with E-state index in [1.54, 1.807) is 0 Å². The first-order chi connectivity index (χ1) is 28.2. The fourth-order valence-corrected chi connectivity index (χ4v) is 7.53.